The van der Waals surface area contributed by atoms with Gasteiger partial charge in [0.2, 0.25) is 0 Å². The van der Waals surface area contributed by atoms with Crippen LogP contribution in [0.2, 0.25) is 0 Å². The van der Waals surface area contributed by atoms with Gasteiger partial charge >= 0.3 is 5.97 Å². The number of ketones is 1. The van der Waals surface area contributed by atoms with Gasteiger partial charge in [0.15, 0.2) is 11.5 Å². The quantitative estimate of drug-likeness (QED) is 0.626. The molecule has 3 rings (SSSR count). The van der Waals surface area contributed by atoms with E-state index in [1.807, 2.05) is 0 Å². The van der Waals surface area contributed by atoms with E-state index in [1.165, 1.54) is 6.26 Å². The van der Waals surface area contributed by atoms with Crippen LogP contribution in [-0.2, 0) is 9.53 Å². The molecule has 0 spiro atoms. The lowest BCUT2D eigenvalue weighted by atomic mass is 9.88. The molecule has 1 N–H and O–H groups in total. The summed E-state index contributed by atoms with van der Waals surface area (Å²) in [6, 6.07) is 9.71. The van der Waals surface area contributed by atoms with E-state index in [0.717, 1.165) is 4.47 Å². The molecule has 0 radical (unpaired) electrons. The summed E-state index contributed by atoms with van der Waals surface area (Å²) in [5.74, 6) is -0.873. The Labute approximate surface area is 147 Å². The molecule has 2 heterocycles. The Bertz CT molecular complexity index is 768. The molecule has 2 atom stereocenters. The van der Waals surface area contributed by atoms with E-state index in [-0.39, 0.29) is 18.1 Å². The molecule has 0 aliphatic carbocycles. The first-order chi connectivity index (χ1) is 11.6. The number of hydrogen-bond acceptors (Lipinski definition) is 6. The van der Waals surface area contributed by atoms with Crippen molar-refractivity contribution in [3.63, 3.8) is 0 Å². The predicted octanol–water partition coefficient (Wildman–Crippen LogP) is 2.90. The van der Waals surface area contributed by atoms with Crippen molar-refractivity contribution in [1.82, 2.24) is 5.43 Å². The van der Waals surface area contributed by atoms with Crippen molar-refractivity contribution in [2.45, 2.75) is 18.9 Å². The average molecular weight is 391 g/mol. The summed E-state index contributed by atoms with van der Waals surface area (Å²) >= 11 is 3.34. The first-order valence-electron chi connectivity index (χ1n) is 7.45. The fraction of sp³-hybridized carbons (Fsp3) is 0.235. The second kappa shape index (κ2) is 7.00. The van der Waals surface area contributed by atoms with E-state index < -0.39 is 17.9 Å². The van der Waals surface area contributed by atoms with Crippen molar-refractivity contribution in [2.75, 3.05) is 6.61 Å². The molecule has 1 aromatic heterocycles. The molecule has 24 heavy (non-hydrogen) atoms. The van der Waals surface area contributed by atoms with Crippen molar-refractivity contribution < 1.29 is 18.7 Å². The fourth-order valence-electron chi connectivity index (χ4n) is 2.59. The molecule has 0 amide bonds. The summed E-state index contributed by atoms with van der Waals surface area (Å²) in [6.07, 6.45) is 1.50. The molecule has 0 saturated heterocycles. The van der Waals surface area contributed by atoms with Gasteiger partial charge in [0.1, 0.15) is 11.8 Å². The van der Waals surface area contributed by atoms with E-state index in [1.54, 1.807) is 43.3 Å². The second-order valence-corrected chi connectivity index (χ2v) is 6.10. The molecule has 6 nitrogen and oxygen atoms in total. The number of esters is 1. The molecule has 2 aromatic rings. The number of rotatable bonds is 5. The van der Waals surface area contributed by atoms with E-state index >= 15 is 0 Å². The zero-order chi connectivity index (χ0) is 17.1. The summed E-state index contributed by atoms with van der Waals surface area (Å²) < 4.78 is 11.3. The normalized spacial score (nSPS) is 19.5. The predicted molar refractivity (Wildman–Crippen MR) is 90.9 cm³/mol. The number of hydrazone groups is 1. The van der Waals surface area contributed by atoms with Crippen molar-refractivity contribution >= 4 is 33.4 Å². The van der Waals surface area contributed by atoms with Gasteiger partial charge in [0.05, 0.1) is 18.8 Å². The van der Waals surface area contributed by atoms with Gasteiger partial charge in [-0.25, -0.2) is 4.79 Å². The third kappa shape index (κ3) is 3.12. The highest BCUT2D eigenvalue weighted by molar-refractivity contribution is 9.10. The highest BCUT2D eigenvalue weighted by Crippen LogP contribution is 2.29. The van der Waals surface area contributed by atoms with Gasteiger partial charge in [-0.3, -0.25) is 10.2 Å². The Morgan fingerprint density at radius 1 is 1.29 bits per heavy atom. The third-order valence-electron chi connectivity index (χ3n) is 3.70. The largest absolute Gasteiger partial charge is 0.469 e. The summed E-state index contributed by atoms with van der Waals surface area (Å²) in [5.41, 5.74) is 3.42. The van der Waals surface area contributed by atoms with Crippen molar-refractivity contribution in [2.24, 2.45) is 5.10 Å². The molecular weight excluding hydrogens is 376 g/mol. The Hall–Kier alpha value is -2.41. The summed E-state index contributed by atoms with van der Waals surface area (Å²) in [5, 5.41) is 4.04. The number of furan rings is 1. The topological polar surface area (TPSA) is 80.9 Å². The summed E-state index contributed by atoms with van der Waals surface area (Å²) in [6.45, 7) is 1.95. The third-order valence-corrected chi connectivity index (χ3v) is 4.23. The Morgan fingerprint density at radius 2 is 2.04 bits per heavy atom. The monoisotopic (exact) mass is 390 g/mol. The Balaban J connectivity index is 1.92. The Morgan fingerprint density at radius 3 is 2.67 bits per heavy atom. The highest BCUT2D eigenvalue weighted by Gasteiger charge is 2.43. The molecule has 0 saturated carbocycles. The van der Waals surface area contributed by atoms with E-state index in [2.05, 4.69) is 26.5 Å². The lowest BCUT2D eigenvalue weighted by Crippen LogP contribution is -2.37. The standard InChI is InChI=1S/C17H15BrN2O4/c1-2-23-17(22)15-13(12-4-3-9-24-12)14(19-20-15)16(21)10-5-7-11(18)8-6-10/h3-9,13-14,19H,2H2,1H3. The first kappa shape index (κ1) is 16.4. The van der Waals surface area contributed by atoms with Crippen LogP contribution in [0.15, 0.2) is 56.7 Å². The number of halogens is 1. The van der Waals surface area contributed by atoms with E-state index in [4.69, 9.17) is 9.15 Å². The van der Waals surface area contributed by atoms with Crippen LogP contribution in [0.5, 0.6) is 0 Å². The zero-order valence-electron chi connectivity index (χ0n) is 12.9. The lowest BCUT2D eigenvalue weighted by molar-refractivity contribution is -0.135. The maximum atomic E-state index is 12.8. The number of carbonyl (C=O) groups excluding carboxylic acids is 2. The van der Waals surface area contributed by atoms with Gasteiger partial charge < -0.3 is 9.15 Å². The van der Waals surface area contributed by atoms with Crippen LogP contribution < -0.4 is 5.43 Å². The Kier molecular flexibility index (Phi) is 4.80. The molecule has 1 aliphatic heterocycles. The van der Waals surface area contributed by atoms with Gasteiger partial charge in [0, 0.05) is 10.0 Å². The fourth-order valence-corrected chi connectivity index (χ4v) is 2.85. The molecule has 2 unspecified atom stereocenters. The van der Waals surface area contributed by atoms with Crippen LogP contribution in [0.25, 0.3) is 0 Å². The minimum atomic E-state index is -0.725. The number of hydrogen-bond donors (Lipinski definition) is 1. The number of carbonyl (C=O) groups is 2. The van der Waals surface area contributed by atoms with Crippen LogP contribution in [0.3, 0.4) is 0 Å². The second-order valence-electron chi connectivity index (χ2n) is 5.19. The van der Waals surface area contributed by atoms with Gasteiger partial charge in [-0.2, -0.15) is 5.10 Å². The molecule has 1 aromatic carbocycles. The maximum absolute atomic E-state index is 12.8. The first-order valence-corrected chi connectivity index (χ1v) is 8.24. The van der Waals surface area contributed by atoms with Crippen LogP contribution >= 0.6 is 15.9 Å². The summed E-state index contributed by atoms with van der Waals surface area (Å²) in [7, 11) is 0. The van der Waals surface area contributed by atoms with Gasteiger partial charge in [0.25, 0.3) is 0 Å². The van der Waals surface area contributed by atoms with Crippen LogP contribution in [0, 0.1) is 0 Å². The van der Waals surface area contributed by atoms with Crippen molar-refractivity contribution in [1.29, 1.82) is 0 Å². The average Bonchev–Trinajstić information content (AvgIpc) is 3.24. The van der Waals surface area contributed by atoms with Crippen molar-refractivity contribution in [3.05, 3.63) is 58.5 Å². The van der Waals surface area contributed by atoms with Gasteiger partial charge in [-0.05, 0) is 31.2 Å². The zero-order valence-corrected chi connectivity index (χ0v) is 14.4. The molecule has 0 fully saturated rings. The molecular formula is C17H15BrN2O4. The van der Waals surface area contributed by atoms with Gasteiger partial charge in [-0.1, -0.05) is 28.1 Å². The maximum Gasteiger partial charge on any atom is 0.355 e. The highest BCUT2D eigenvalue weighted by atomic mass is 79.9. The number of nitrogens with zero attached hydrogens (tertiary/aromatic N) is 1. The molecule has 0 bridgehead atoms. The minimum absolute atomic E-state index is 0.141. The van der Waals surface area contributed by atoms with Gasteiger partial charge in [-0.15, -0.1) is 0 Å². The molecule has 7 heteroatoms. The number of ether oxygens (including phenoxy) is 1. The number of benzene rings is 1. The lowest BCUT2D eigenvalue weighted by Gasteiger charge is -2.17. The number of nitrogens with one attached hydrogen (secondary N) is 1. The molecule has 1 aliphatic rings. The van der Waals surface area contributed by atoms with Crippen molar-refractivity contribution in [3.8, 4) is 0 Å². The van der Waals surface area contributed by atoms with E-state index in [0.29, 0.717) is 11.3 Å². The minimum Gasteiger partial charge on any atom is -0.469 e. The molecule has 124 valence electrons. The number of Topliss-reactive ketones (excluding diaryl/α,β-unsaturated/α-hetero) is 1. The van der Waals surface area contributed by atoms with Crippen LogP contribution in [0.4, 0.5) is 0 Å². The SMILES string of the molecule is CCOC(=O)C1=NNC(C(=O)c2ccc(Br)cc2)C1c1ccco1. The van der Waals surface area contributed by atoms with Crippen LogP contribution in [-0.4, -0.2) is 30.1 Å². The van der Waals surface area contributed by atoms with Crippen LogP contribution in [0.1, 0.15) is 29.0 Å². The van der Waals surface area contributed by atoms with E-state index in [9.17, 15) is 9.59 Å². The smallest absolute Gasteiger partial charge is 0.355 e. The summed E-state index contributed by atoms with van der Waals surface area (Å²) in [4.78, 5) is 25.0.